The minimum Gasteiger partial charge on any atom is -0.497 e. The molecular weight excluding hydrogens is 450 g/mol. The van der Waals surface area contributed by atoms with Crippen molar-refractivity contribution < 1.29 is 35.8 Å². The minimum atomic E-state index is -5.06. The van der Waals surface area contributed by atoms with Gasteiger partial charge in [0.2, 0.25) is 0 Å². The molecule has 0 aliphatic carbocycles. The minimum absolute atomic E-state index is 0.108. The van der Waals surface area contributed by atoms with Crippen molar-refractivity contribution >= 4 is 5.71 Å². The van der Waals surface area contributed by atoms with E-state index >= 15 is 0 Å². The molecule has 10 heteroatoms. The predicted octanol–water partition coefficient (Wildman–Crippen LogP) is 5.66. The molecule has 0 saturated heterocycles. The number of nitrogens with zero attached hydrogens (tertiary/aromatic N) is 1. The zero-order valence-corrected chi connectivity index (χ0v) is 17.8. The molecule has 0 saturated carbocycles. The lowest BCUT2D eigenvalue weighted by molar-refractivity contribution is -0.0928. The van der Waals surface area contributed by atoms with Crippen molar-refractivity contribution in [1.29, 1.82) is 0 Å². The fourth-order valence-electron chi connectivity index (χ4n) is 2.76. The van der Waals surface area contributed by atoms with Gasteiger partial charge in [0.15, 0.2) is 0 Å². The van der Waals surface area contributed by atoms with E-state index < -0.39 is 23.8 Å². The lowest BCUT2D eigenvalue weighted by Crippen LogP contribution is -2.27. The van der Waals surface area contributed by atoms with Crippen molar-refractivity contribution in [3.63, 3.8) is 0 Å². The molecule has 0 bridgehead atoms. The number of benzene rings is 2. The number of nitrogens with two attached hydrogens (primary N) is 1. The number of rotatable bonds is 10. The molecule has 2 N–H and O–H groups in total. The zero-order chi connectivity index (χ0) is 24.5. The first kappa shape index (κ1) is 26.1. The summed E-state index contributed by atoms with van der Waals surface area (Å²) in [5.74, 6) is 1.39. The van der Waals surface area contributed by atoms with E-state index in [-0.39, 0.29) is 19.0 Å². The van der Waals surface area contributed by atoms with Crippen LogP contribution in [0.25, 0.3) is 0 Å². The summed E-state index contributed by atoms with van der Waals surface area (Å²) in [6.07, 6.45) is -8.57. The highest BCUT2D eigenvalue weighted by Crippen LogP contribution is 2.25. The van der Waals surface area contributed by atoms with Crippen LogP contribution in [-0.2, 0) is 12.8 Å². The Labute approximate surface area is 187 Å². The molecule has 0 radical (unpaired) electrons. The predicted molar refractivity (Wildman–Crippen MR) is 114 cm³/mol. The highest BCUT2D eigenvalue weighted by Gasteiger charge is 2.38. The van der Waals surface area contributed by atoms with Crippen molar-refractivity contribution in [2.45, 2.75) is 31.6 Å². The standard InChI is InChI=1S/C23H24F6N2O2/c1-32-18-8-4-16(5-9-18)3-2-14-33-19-10-6-17(7-11-19)12-13-31-21(23(27,28)29)15-20(30)22(24,25)26/h4-11,15H,2-3,12-14,30H2,1H3/b20-15-,31-21?. The summed E-state index contributed by atoms with van der Waals surface area (Å²) in [5.41, 5.74) is 2.97. The number of hydrogen-bond acceptors (Lipinski definition) is 4. The normalized spacial score (nSPS) is 13.2. The SMILES string of the molecule is COc1ccc(CCCOc2ccc(CCN=C(/C=C(\N)C(F)(F)F)C(F)(F)F)cc2)cc1. The summed E-state index contributed by atoms with van der Waals surface area (Å²) >= 11 is 0. The topological polar surface area (TPSA) is 56.8 Å². The largest absolute Gasteiger partial charge is 0.497 e. The molecule has 2 aromatic rings. The van der Waals surface area contributed by atoms with Crippen molar-refractivity contribution in [3.8, 4) is 11.5 Å². The number of methoxy groups -OCH3 is 1. The van der Waals surface area contributed by atoms with Crippen molar-refractivity contribution in [2.75, 3.05) is 20.3 Å². The van der Waals surface area contributed by atoms with Crippen LogP contribution in [0.3, 0.4) is 0 Å². The number of aliphatic imine (C=N–C) groups is 1. The van der Waals surface area contributed by atoms with Crippen molar-refractivity contribution in [1.82, 2.24) is 0 Å². The third kappa shape index (κ3) is 9.07. The van der Waals surface area contributed by atoms with E-state index in [1.54, 1.807) is 31.4 Å². The molecule has 4 nitrogen and oxygen atoms in total. The van der Waals surface area contributed by atoms with Crippen LogP contribution in [-0.4, -0.2) is 38.3 Å². The molecule has 2 rings (SSSR count). The Kier molecular flexibility index (Phi) is 9.19. The van der Waals surface area contributed by atoms with E-state index in [1.807, 2.05) is 24.3 Å². The Bertz CT molecular complexity index is 933. The molecule has 0 unspecified atom stereocenters. The first-order valence-corrected chi connectivity index (χ1v) is 9.99. The Morgan fingerprint density at radius 2 is 1.39 bits per heavy atom. The molecule has 0 heterocycles. The Hall–Kier alpha value is -3.17. The van der Waals surface area contributed by atoms with Crippen LogP contribution in [0.4, 0.5) is 26.3 Å². The number of alkyl halides is 6. The van der Waals surface area contributed by atoms with Crippen LogP contribution < -0.4 is 15.2 Å². The van der Waals surface area contributed by atoms with Gasteiger partial charge in [-0.3, -0.25) is 4.99 Å². The van der Waals surface area contributed by atoms with Crippen LogP contribution in [0.1, 0.15) is 17.5 Å². The smallest absolute Gasteiger partial charge is 0.432 e. The number of halogens is 6. The molecule has 0 aromatic heterocycles. The first-order valence-electron chi connectivity index (χ1n) is 9.99. The van der Waals surface area contributed by atoms with Crippen molar-refractivity contribution in [2.24, 2.45) is 10.7 Å². The Morgan fingerprint density at radius 1 is 0.848 bits per heavy atom. The molecule has 180 valence electrons. The second-order valence-electron chi connectivity index (χ2n) is 7.06. The third-order valence-corrected chi connectivity index (χ3v) is 4.55. The van der Waals surface area contributed by atoms with Crippen LogP contribution >= 0.6 is 0 Å². The summed E-state index contributed by atoms with van der Waals surface area (Å²) in [6, 6.07) is 14.4. The van der Waals surface area contributed by atoms with Crippen LogP contribution in [0.5, 0.6) is 11.5 Å². The molecule has 2 aromatic carbocycles. The first-order chi connectivity index (χ1) is 15.5. The van der Waals surface area contributed by atoms with Gasteiger partial charge in [-0.2, -0.15) is 26.3 Å². The fraction of sp³-hybridized carbons (Fsp3) is 0.348. The second-order valence-corrected chi connectivity index (χ2v) is 7.06. The monoisotopic (exact) mass is 474 g/mol. The number of ether oxygens (including phenoxy) is 2. The average molecular weight is 474 g/mol. The molecule has 33 heavy (non-hydrogen) atoms. The lowest BCUT2D eigenvalue weighted by atomic mass is 10.1. The van der Waals surface area contributed by atoms with Gasteiger partial charge in [0.1, 0.15) is 22.9 Å². The lowest BCUT2D eigenvalue weighted by Gasteiger charge is -2.11. The summed E-state index contributed by atoms with van der Waals surface area (Å²) < 4.78 is 86.8. The van der Waals surface area contributed by atoms with Crippen LogP contribution in [0, 0.1) is 0 Å². The van der Waals surface area contributed by atoms with Gasteiger partial charge < -0.3 is 15.2 Å². The molecular formula is C23H24F6N2O2. The molecule has 0 atom stereocenters. The van der Waals surface area contributed by atoms with Gasteiger partial charge in [-0.05, 0) is 60.7 Å². The van der Waals surface area contributed by atoms with Gasteiger partial charge in [-0.15, -0.1) is 0 Å². The van der Waals surface area contributed by atoms with Gasteiger partial charge in [0, 0.05) is 6.54 Å². The third-order valence-electron chi connectivity index (χ3n) is 4.55. The molecule has 0 spiro atoms. The molecule has 0 aliphatic heterocycles. The summed E-state index contributed by atoms with van der Waals surface area (Å²) in [7, 11) is 1.60. The maximum Gasteiger partial charge on any atom is 0.432 e. The highest BCUT2D eigenvalue weighted by atomic mass is 19.4. The fourth-order valence-corrected chi connectivity index (χ4v) is 2.76. The number of allylic oxidation sites excluding steroid dienone is 2. The Balaban J connectivity index is 1.83. The summed E-state index contributed by atoms with van der Waals surface area (Å²) in [4.78, 5) is 3.26. The summed E-state index contributed by atoms with van der Waals surface area (Å²) in [5, 5.41) is 0. The summed E-state index contributed by atoms with van der Waals surface area (Å²) in [6.45, 7) is 0.135. The maximum atomic E-state index is 12.9. The van der Waals surface area contributed by atoms with E-state index in [1.165, 1.54) is 0 Å². The number of hydrogen-bond donors (Lipinski definition) is 1. The van der Waals surface area contributed by atoms with E-state index in [0.717, 1.165) is 24.2 Å². The van der Waals surface area contributed by atoms with Gasteiger partial charge in [0.05, 0.1) is 13.7 Å². The number of aryl methyl sites for hydroxylation is 1. The van der Waals surface area contributed by atoms with Gasteiger partial charge >= 0.3 is 12.4 Å². The van der Waals surface area contributed by atoms with E-state index in [0.29, 0.717) is 17.9 Å². The van der Waals surface area contributed by atoms with Gasteiger partial charge in [-0.1, -0.05) is 24.3 Å². The second kappa shape index (κ2) is 11.6. The quantitative estimate of drug-likeness (QED) is 0.275. The van der Waals surface area contributed by atoms with Crippen LogP contribution in [0.15, 0.2) is 65.3 Å². The van der Waals surface area contributed by atoms with Gasteiger partial charge in [0.25, 0.3) is 0 Å². The van der Waals surface area contributed by atoms with Crippen molar-refractivity contribution in [3.05, 3.63) is 71.4 Å². The molecule has 0 amide bonds. The molecule has 0 fully saturated rings. The molecule has 0 aliphatic rings. The van der Waals surface area contributed by atoms with E-state index in [4.69, 9.17) is 9.47 Å². The zero-order valence-electron chi connectivity index (χ0n) is 17.8. The average Bonchev–Trinajstić information content (AvgIpc) is 2.76. The van der Waals surface area contributed by atoms with E-state index in [9.17, 15) is 26.3 Å². The Morgan fingerprint density at radius 3 is 1.91 bits per heavy atom. The van der Waals surface area contributed by atoms with E-state index in [2.05, 4.69) is 10.7 Å². The highest BCUT2D eigenvalue weighted by molar-refractivity contribution is 6.00. The maximum absolute atomic E-state index is 12.9. The van der Waals surface area contributed by atoms with Crippen LogP contribution in [0.2, 0.25) is 0 Å². The van der Waals surface area contributed by atoms with Gasteiger partial charge in [-0.25, -0.2) is 0 Å².